The lowest BCUT2D eigenvalue weighted by atomic mass is 9.86. The molecule has 32 heavy (non-hydrogen) atoms. The molecular weight excluding hydrogens is 425 g/mol. The van der Waals surface area contributed by atoms with Gasteiger partial charge < -0.3 is 14.8 Å². The number of aromatic nitrogens is 1. The Morgan fingerprint density at radius 2 is 1.91 bits per heavy atom. The van der Waals surface area contributed by atoms with Gasteiger partial charge in [-0.05, 0) is 73.7 Å². The third-order valence-electron chi connectivity index (χ3n) is 7.14. The van der Waals surface area contributed by atoms with E-state index in [2.05, 4.69) is 12.2 Å². The molecule has 1 aliphatic carbocycles. The number of benzene rings is 1. The van der Waals surface area contributed by atoms with E-state index in [0.717, 1.165) is 41.5 Å². The summed E-state index contributed by atoms with van der Waals surface area (Å²) >= 11 is 1.59. The predicted octanol–water partition coefficient (Wildman–Crippen LogP) is 4.95. The smallest absolute Gasteiger partial charge is 0.271 e. The number of hydrogen-bond acceptors (Lipinski definition) is 3. The van der Waals surface area contributed by atoms with Crippen molar-refractivity contribution < 1.29 is 14.0 Å². The second kappa shape index (κ2) is 8.03. The summed E-state index contributed by atoms with van der Waals surface area (Å²) in [6.45, 7) is 4.76. The number of carbonyl (C=O) groups is 2. The van der Waals surface area contributed by atoms with Crippen molar-refractivity contribution in [2.45, 2.75) is 64.2 Å². The summed E-state index contributed by atoms with van der Waals surface area (Å²) in [4.78, 5) is 29.0. The highest BCUT2D eigenvalue weighted by Crippen LogP contribution is 2.35. The Morgan fingerprint density at radius 1 is 1.19 bits per heavy atom. The Bertz CT molecular complexity index is 1160. The van der Waals surface area contributed by atoms with Crippen LogP contribution < -0.4 is 5.32 Å². The van der Waals surface area contributed by atoms with Crippen LogP contribution in [0.5, 0.6) is 0 Å². The maximum absolute atomic E-state index is 13.7. The fourth-order valence-electron chi connectivity index (χ4n) is 5.04. The third-order valence-corrected chi connectivity index (χ3v) is 8.00. The lowest BCUT2D eigenvalue weighted by Gasteiger charge is -2.45. The molecule has 0 spiro atoms. The van der Waals surface area contributed by atoms with E-state index in [1.807, 2.05) is 29.0 Å². The summed E-state index contributed by atoms with van der Waals surface area (Å²) in [7, 11) is 0. The van der Waals surface area contributed by atoms with Crippen LogP contribution in [0.2, 0.25) is 0 Å². The van der Waals surface area contributed by atoms with Gasteiger partial charge in [-0.15, -0.1) is 11.3 Å². The summed E-state index contributed by atoms with van der Waals surface area (Å²) < 4.78 is 16.5. The molecule has 1 fully saturated rings. The lowest BCUT2D eigenvalue weighted by molar-refractivity contribution is -0.134. The third kappa shape index (κ3) is 3.62. The Morgan fingerprint density at radius 3 is 2.62 bits per heavy atom. The normalized spacial score (nSPS) is 25.7. The molecule has 2 amide bonds. The van der Waals surface area contributed by atoms with Gasteiger partial charge in [-0.25, -0.2) is 4.39 Å². The average Bonchev–Trinajstić information content (AvgIpc) is 3.36. The topological polar surface area (TPSA) is 54.3 Å². The molecule has 1 N–H and O–H groups in total. The van der Waals surface area contributed by atoms with E-state index in [4.69, 9.17) is 0 Å². The molecule has 5 nitrogen and oxygen atoms in total. The minimum Gasteiger partial charge on any atom is -0.351 e. The Hall–Kier alpha value is -2.67. The number of amides is 2. The van der Waals surface area contributed by atoms with Crippen LogP contribution in [0.4, 0.5) is 4.39 Å². The first-order valence-corrected chi connectivity index (χ1v) is 12.2. The number of nitrogens with zero attached hydrogens (tertiary/aromatic N) is 2. The predicted molar refractivity (Wildman–Crippen MR) is 124 cm³/mol. The highest BCUT2D eigenvalue weighted by molar-refractivity contribution is 7.17. The average molecular weight is 454 g/mol. The van der Waals surface area contributed by atoms with E-state index < -0.39 is 5.54 Å². The van der Waals surface area contributed by atoms with Crippen LogP contribution >= 0.6 is 11.3 Å². The molecule has 0 saturated heterocycles. The van der Waals surface area contributed by atoms with Crippen molar-refractivity contribution in [3.8, 4) is 0 Å². The maximum atomic E-state index is 13.7. The summed E-state index contributed by atoms with van der Waals surface area (Å²) in [5, 5.41) is 5.26. The molecule has 3 aromatic rings. The van der Waals surface area contributed by atoms with E-state index in [0.29, 0.717) is 18.2 Å². The molecule has 2 aliphatic rings. The van der Waals surface area contributed by atoms with Gasteiger partial charge >= 0.3 is 0 Å². The van der Waals surface area contributed by atoms with E-state index in [1.54, 1.807) is 28.4 Å². The van der Waals surface area contributed by atoms with Gasteiger partial charge in [0.15, 0.2) is 0 Å². The number of hydrogen-bond donors (Lipinski definition) is 1. The molecule has 0 unspecified atom stereocenters. The first-order valence-electron chi connectivity index (χ1n) is 11.3. The largest absolute Gasteiger partial charge is 0.351 e. The van der Waals surface area contributed by atoms with Crippen LogP contribution in [0.1, 0.15) is 55.6 Å². The molecule has 1 aliphatic heterocycles. The molecule has 3 heterocycles. The van der Waals surface area contributed by atoms with Crippen LogP contribution in [0.3, 0.4) is 0 Å². The number of fused-ring (bicyclic) bond motifs is 3. The zero-order valence-corrected chi connectivity index (χ0v) is 19.3. The fraction of sp³-hybridized carbons (Fsp3) is 0.440. The van der Waals surface area contributed by atoms with Gasteiger partial charge in [0, 0.05) is 12.6 Å². The van der Waals surface area contributed by atoms with Crippen LogP contribution in [0, 0.1) is 11.7 Å². The van der Waals surface area contributed by atoms with Gasteiger partial charge in [0.05, 0.1) is 16.8 Å². The fourth-order valence-corrected chi connectivity index (χ4v) is 5.86. The number of carbonyl (C=O) groups excluding carboxylic acids is 2. The number of thiophene rings is 1. The van der Waals surface area contributed by atoms with E-state index in [1.165, 1.54) is 12.1 Å². The van der Waals surface area contributed by atoms with Crippen molar-refractivity contribution in [1.82, 2.24) is 14.8 Å². The van der Waals surface area contributed by atoms with E-state index >= 15 is 0 Å². The van der Waals surface area contributed by atoms with Crippen molar-refractivity contribution >= 4 is 33.4 Å². The minimum atomic E-state index is -1.05. The van der Waals surface area contributed by atoms with Crippen LogP contribution in [-0.2, 0) is 17.9 Å². The van der Waals surface area contributed by atoms with Gasteiger partial charge in [0.2, 0.25) is 5.91 Å². The van der Waals surface area contributed by atoms with Gasteiger partial charge in [-0.2, -0.15) is 0 Å². The zero-order valence-electron chi connectivity index (χ0n) is 18.4. The van der Waals surface area contributed by atoms with Gasteiger partial charge in [0.1, 0.15) is 17.1 Å². The quantitative estimate of drug-likeness (QED) is 0.608. The SMILES string of the molecule is CC1CCC(NC(=O)[C@@]2(C)Cn3c(cc4sccc43)C(=O)N2Cc2ccc(F)cc2)CC1. The van der Waals surface area contributed by atoms with Crippen molar-refractivity contribution in [2.75, 3.05) is 0 Å². The molecular formula is C25H28FN3O2S. The van der Waals surface area contributed by atoms with Gasteiger partial charge in [0.25, 0.3) is 5.91 Å². The van der Waals surface area contributed by atoms with E-state index in [-0.39, 0.29) is 30.2 Å². The molecule has 5 rings (SSSR count). The Labute approximate surface area is 191 Å². The molecule has 7 heteroatoms. The molecule has 1 aromatic carbocycles. The Kier molecular flexibility index (Phi) is 5.32. The van der Waals surface area contributed by atoms with Gasteiger partial charge in [-0.1, -0.05) is 19.1 Å². The zero-order chi connectivity index (χ0) is 22.5. The van der Waals surface area contributed by atoms with E-state index in [9.17, 15) is 14.0 Å². The monoisotopic (exact) mass is 453 g/mol. The summed E-state index contributed by atoms with van der Waals surface area (Å²) in [5.41, 5.74) is 1.35. The van der Waals surface area contributed by atoms with Crippen LogP contribution in [0.15, 0.2) is 41.8 Å². The first kappa shape index (κ1) is 21.2. The highest BCUT2D eigenvalue weighted by Gasteiger charge is 2.48. The minimum absolute atomic E-state index is 0.116. The summed E-state index contributed by atoms with van der Waals surface area (Å²) in [6.07, 6.45) is 4.16. The van der Waals surface area contributed by atoms with Gasteiger partial charge in [-0.3, -0.25) is 9.59 Å². The Balaban J connectivity index is 1.50. The van der Waals surface area contributed by atoms with Crippen molar-refractivity contribution in [2.24, 2.45) is 5.92 Å². The van der Waals surface area contributed by atoms with Crippen molar-refractivity contribution in [3.05, 3.63) is 58.9 Å². The van der Waals surface area contributed by atoms with Crippen molar-refractivity contribution in [1.29, 1.82) is 0 Å². The van der Waals surface area contributed by atoms with Crippen molar-refractivity contribution in [3.63, 3.8) is 0 Å². The number of halogens is 1. The second-order valence-corrected chi connectivity index (χ2v) is 10.5. The maximum Gasteiger partial charge on any atom is 0.271 e. The summed E-state index contributed by atoms with van der Waals surface area (Å²) in [5.74, 6) is 0.0910. The lowest BCUT2D eigenvalue weighted by Crippen LogP contribution is -2.64. The molecule has 0 bridgehead atoms. The molecule has 1 saturated carbocycles. The standard InChI is InChI=1S/C25H28FN3O2S/c1-16-3-9-19(10-4-16)27-24(31)25(2)15-28-20-11-12-32-22(20)13-21(28)23(30)29(25)14-17-5-7-18(26)8-6-17/h5-8,11-13,16,19H,3-4,9-10,14-15H2,1-2H3,(H,27,31)/t16?,19?,25-/m1/s1. The number of nitrogens with one attached hydrogen (secondary N) is 1. The molecule has 1 atom stereocenters. The highest BCUT2D eigenvalue weighted by atomic mass is 32.1. The second-order valence-electron chi connectivity index (χ2n) is 9.51. The number of rotatable bonds is 4. The molecule has 2 aromatic heterocycles. The van der Waals surface area contributed by atoms with Crippen LogP contribution in [0.25, 0.3) is 10.2 Å². The first-order chi connectivity index (χ1) is 15.3. The molecule has 168 valence electrons. The summed E-state index contributed by atoms with van der Waals surface area (Å²) in [6, 6.07) is 10.2. The van der Waals surface area contributed by atoms with Crippen LogP contribution in [-0.4, -0.2) is 32.9 Å². The molecule has 0 radical (unpaired) electrons.